The zero-order valence-corrected chi connectivity index (χ0v) is 10.7. The van der Waals surface area contributed by atoms with E-state index in [0.29, 0.717) is 10.8 Å². The van der Waals surface area contributed by atoms with Gasteiger partial charge in [0, 0.05) is 10.6 Å². The van der Waals surface area contributed by atoms with E-state index in [1.165, 1.54) is 6.33 Å². The maximum atomic E-state index is 6.00. The summed E-state index contributed by atoms with van der Waals surface area (Å²) in [7, 11) is 0. The molecule has 0 radical (unpaired) electrons. The Morgan fingerprint density at radius 1 is 1.35 bits per heavy atom. The first-order valence-corrected chi connectivity index (χ1v) is 6.48. The fourth-order valence-corrected chi connectivity index (χ4v) is 1.91. The largest absolute Gasteiger partial charge is 0.382 e. The van der Waals surface area contributed by atoms with E-state index in [0.717, 1.165) is 10.6 Å². The normalized spacial score (nSPS) is 10.2. The van der Waals surface area contributed by atoms with Crippen LogP contribution in [0.2, 0.25) is 5.02 Å². The Kier molecular flexibility index (Phi) is 3.71. The summed E-state index contributed by atoms with van der Waals surface area (Å²) in [4.78, 5) is 9.01. The minimum Gasteiger partial charge on any atom is -0.382 e. The Morgan fingerprint density at radius 3 is 2.94 bits per heavy atom. The van der Waals surface area contributed by atoms with Crippen LogP contribution in [0, 0.1) is 0 Å². The first-order chi connectivity index (χ1) is 8.20. The van der Waals surface area contributed by atoms with Gasteiger partial charge < -0.3 is 11.1 Å². The van der Waals surface area contributed by atoms with Crippen LogP contribution in [0.25, 0.3) is 0 Å². The van der Waals surface area contributed by atoms with Gasteiger partial charge in [-0.1, -0.05) is 17.7 Å². The van der Waals surface area contributed by atoms with Crippen molar-refractivity contribution < 1.29 is 0 Å². The summed E-state index contributed by atoms with van der Waals surface area (Å²) < 4.78 is 0. The molecule has 0 aliphatic rings. The molecule has 1 heterocycles. The molecule has 88 valence electrons. The molecular formula is C11H11ClN4S. The fourth-order valence-electron chi connectivity index (χ4n) is 1.31. The van der Waals surface area contributed by atoms with E-state index < -0.39 is 0 Å². The SMILES string of the molecule is CSc1cccc(Nc2ncnc(N)c2Cl)c1. The number of benzene rings is 1. The van der Waals surface area contributed by atoms with Crippen molar-refractivity contribution in [2.24, 2.45) is 0 Å². The average Bonchev–Trinajstić information content (AvgIpc) is 2.35. The third-order valence-corrected chi connectivity index (χ3v) is 3.25. The molecule has 0 saturated heterocycles. The zero-order valence-electron chi connectivity index (χ0n) is 9.14. The second kappa shape index (κ2) is 5.25. The number of hydrogen-bond acceptors (Lipinski definition) is 5. The zero-order chi connectivity index (χ0) is 12.3. The predicted octanol–water partition coefficient (Wildman–Crippen LogP) is 3.18. The van der Waals surface area contributed by atoms with Crippen LogP contribution in [-0.4, -0.2) is 16.2 Å². The fraction of sp³-hybridized carbons (Fsp3) is 0.0909. The summed E-state index contributed by atoms with van der Waals surface area (Å²) in [5, 5.41) is 3.45. The first kappa shape index (κ1) is 12.0. The lowest BCUT2D eigenvalue weighted by Crippen LogP contribution is -1.99. The average molecular weight is 267 g/mol. The topological polar surface area (TPSA) is 63.8 Å². The molecule has 3 N–H and O–H groups in total. The van der Waals surface area contributed by atoms with E-state index in [1.54, 1.807) is 11.8 Å². The molecule has 1 aromatic heterocycles. The molecule has 0 fully saturated rings. The molecule has 0 bridgehead atoms. The van der Waals surface area contributed by atoms with Crippen molar-refractivity contribution in [2.45, 2.75) is 4.90 Å². The van der Waals surface area contributed by atoms with Gasteiger partial charge in [0.05, 0.1) is 0 Å². The molecule has 0 aliphatic carbocycles. The van der Waals surface area contributed by atoms with E-state index in [4.69, 9.17) is 17.3 Å². The molecule has 4 nitrogen and oxygen atoms in total. The van der Waals surface area contributed by atoms with Crippen molar-refractivity contribution in [3.8, 4) is 0 Å². The number of halogens is 1. The van der Waals surface area contributed by atoms with Crippen LogP contribution >= 0.6 is 23.4 Å². The summed E-state index contributed by atoms with van der Waals surface area (Å²) in [5.41, 5.74) is 6.52. The van der Waals surface area contributed by atoms with Gasteiger partial charge in [0.2, 0.25) is 0 Å². The molecule has 0 unspecified atom stereocenters. The van der Waals surface area contributed by atoms with Crippen LogP contribution in [0.1, 0.15) is 0 Å². The minimum absolute atomic E-state index is 0.269. The van der Waals surface area contributed by atoms with Crippen LogP contribution in [0.15, 0.2) is 35.5 Å². The molecular weight excluding hydrogens is 256 g/mol. The van der Waals surface area contributed by atoms with E-state index in [1.807, 2.05) is 30.5 Å². The number of hydrogen-bond donors (Lipinski definition) is 2. The molecule has 2 rings (SSSR count). The van der Waals surface area contributed by atoms with Crippen molar-refractivity contribution in [2.75, 3.05) is 17.3 Å². The Bertz CT molecular complexity index is 533. The number of nitrogens with zero attached hydrogens (tertiary/aromatic N) is 2. The molecule has 2 aromatic rings. The van der Waals surface area contributed by atoms with Gasteiger partial charge in [0.1, 0.15) is 17.2 Å². The summed E-state index contributed by atoms with van der Waals surface area (Å²) in [6.45, 7) is 0. The lowest BCUT2D eigenvalue weighted by molar-refractivity contribution is 1.17. The predicted molar refractivity (Wildman–Crippen MR) is 73.0 cm³/mol. The number of rotatable bonds is 3. The highest BCUT2D eigenvalue weighted by molar-refractivity contribution is 7.98. The Labute approximate surface area is 109 Å². The van der Waals surface area contributed by atoms with Crippen molar-refractivity contribution in [1.82, 2.24) is 9.97 Å². The number of thioether (sulfide) groups is 1. The van der Waals surface area contributed by atoms with Gasteiger partial charge in [-0.3, -0.25) is 0 Å². The highest BCUT2D eigenvalue weighted by Gasteiger charge is 2.06. The molecule has 0 saturated carbocycles. The maximum absolute atomic E-state index is 6.00. The van der Waals surface area contributed by atoms with Gasteiger partial charge in [-0.05, 0) is 24.5 Å². The van der Waals surface area contributed by atoms with Crippen molar-refractivity contribution in [3.05, 3.63) is 35.6 Å². The standard InChI is InChI=1S/C11H11ClN4S/c1-17-8-4-2-3-7(5-8)16-11-9(12)10(13)14-6-15-11/h2-6H,1H3,(H3,13,14,15,16). The van der Waals surface area contributed by atoms with Crippen molar-refractivity contribution >= 4 is 40.7 Å². The third-order valence-electron chi connectivity index (χ3n) is 2.15. The van der Waals surface area contributed by atoms with Gasteiger partial charge in [-0.25, -0.2) is 9.97 Å². The van der Waals surface area contributed by atoms with Crippen molar-refractivity contribution in [3.63, 3.8) is 0 Å². The lowest BCUT2D eigenvalue weighted by atomic mass is 10.3. The summed E-state index contributed by atoms with van der Waals surface area (Å²) >= 11 is 7.67. The molecule has 0 amide bonds. The Hall–Kier alpha value is -1.46. The van der Waals surface area contributed by atoms with Gasteiger partial charge in [-0.15, -0.1) is 11.8 Å². The third kappa shape index (κ3) is 2.81. The van der Waals surface area contributed by atoms with Gasteiger partial charge in [0.15, 0.2) is 5.82 Å². The van der Waals surface area contributed by atoms with E-state index in [2.05, 4.69) is 15.3 Å². The molecule has 0 aliphatic heterocycles. The quantitative estimate of drug-likeness (QED) is 0.836. The number of aromatic nitrogens is 2. The smallest absolute Gasteiger partial charge is 0.154 e. The highest BCUT2D eigenvalue weighted by atomic mass is 35.5. The van der Waals surface area contributed by atoms with E-state index in [-0.39, 0.29) is 5.82 Å². The summed E-state index contributed by atoms with van der Waals surface area (Å²) in [6.07, 6.45) is 3.40. The molecule has 6 heteroatoms. The highest BCUT2D eigenvalue weighted by Crippen LogP contribution is 2.27. The van der Waals surface area contributed by atoms with Gasteiger partial charge in [-0.2, -0.15) is 0 Å². The minimum atomic E-state index is 0.269. The van der Waals surface area contributed by atoms with Gasteiger partial charge >= 0.3 is 0 Å². The van der Waals surface area contributed by atoms with Crippen LogP contribution < -0.4 is 11.1 Å². The molecule has 0 spiro atoms. The van der Waals surface area contributed by atoms with Gasteiger partial charge in [0.25, 0.3) is 0 Å². The van der Waals surface area contributed by atoms with Crippen LogP contribution in [0.4, 0.5) is 17.3 Å². The molecule has 1 aromatic carbocycles. The summed E-state index contributed by atoms with van der Waals surface area (Å²) in [5.74, 6) is 0.780. The van der Waals surface area contributed by atoms with E-state index in [9.17, 15) is 0 Å². The first-order valence-electron chi connectivity index (χ1n) is 4.88. The molecule has 17 heavy (non-hydrogen) atoms. The molecule has 0 atom stereocenters. The second-order valence-electron chi connectivity index (χ2n) is 3.28. The number of nitrogen functional groups attached to an aromatic ring is 1. The van der Waals surface area contributed by atoms with Crippen LogP contribution in [0.3, 0.4) is 0 Å². The van der Waals surface area contributed by atoms with E-state index >= 15 is 0 Å². The monoisotopic (exact) mass is 266 g/mol. The number of nitrogens with one attached hydrogen (secondary N) is 1. The number of anilines is 3. The lowest BCUT2D eigenvalue weighted by Gasteiger charge is -2.08. The Morgan fingerprint density at radius 2 is 2.18 bits per heavy atom. The maximum Gasteiger partial charge on any atom is 0.154 e. The number of nitrogens with two attached hydrogens (primary N) is 1. The second-order valence-corrected chi connectivity index (χ2v) is 4.54. The van der Waals surface area contributed by atoms with Crippen LogP contribution in [-0.2, 0) is 0 Å². The summed E-state index contributed by atoms with van der Waals surface area (Å²) in [6, 6.07) is 7.95. The van der Waals surface area contributed by atoms with Crippen LogP contribution in [0.5, 0.6) is 0 Å². The van der Waals surface area contributed by atoms with Crippen molar-refractivity contribution in [1.29, 1.82) is 0 Å². The Balaban J connectivity index is 2.28.